The first-order valence-corrected chi connectivity index (χ1v) is 7.65. The van der Waals surface area contributed by atoms with Crippen LogP contribution in [0.4, 0.5) is 5.69 Å². The zero-order chi connectivity index (χ0) is 17.1. The Labute approximate surface area is 145 Å². The molecular weight excluding hydrogens is 322 g/mol. The lowest BCUT2D eigenvalue weighted by Crippen LogP contribution is -2.13. The van der Waals surface area contributed by atoms with Crippen molar-refractivity contribution in [3.8, 4) is 18.0 Å². The van der Waals surface area contributed by atoms with E-state index in [2.05, 4.69) is 16.3 Å². The zero-order valence-electron chi connectivity index (χ0n) is 13.0. The highest BCUT2D eigenvalue weighted by Crippen LogP contribution is 2.18. The second kappa shape index (κ2) is 6.61. The van der Waals surface area contributed by atoms with E-state index >= 15 is 0 Å². The van der Waals surface area contributed by atoms with Crippen molar-refractivity contribution < 1.29 is 4.79 Å². The normalized spacial score (nSPS) is 10.2. The van der Waals surface area contributed by atoms with Crippen LogP contribution in [0.25, 0.3) is 5.69 Å². The molecule has 1 heterocycles. The Hall–Kier alpha value is -3.03. The van der Waals surface area contributed by atoms with Crippen LogP contribution in [0.15, 0.2) is 54.7 Å². The number of hydrogen-bond acceptors (Lipinski definition) is 2. The predicted molar refractivity (Wildman–Crippen MR) is 95.6 cm³/mol. The van der Waals surface area contributed by atoms with Crippen molar-refractivity contribution in [3.05, 3.63) is 76.6 Å². The second-order valence-electron chi connectivity index (χ2n) is 5.21. The lowest BCUT2D eigenvalue weighted by Gasteiger charge is -2.07. The molecule has 3 aromatic rings. The van der Waals surface area contributed by atoms with Crippen LogP contribution in [0, 0.1) is 19.3 Å². The topological polar surface area (TPSA) is 46.9 Å². The Morgan fingerprint density at radius 2 is 2.00 bits per heavy atom. The van der Waals surface area contributed by atoms with E-state index in [9.17, 15) is 4.79 Å². The minimum absolute atomic E-state index is 0.234. The van der Waals surface area contributed by atoms with E-state index in [1.165, 1.54) is 0 Å². The summed E-state index contributed by atoms with van der Waals surface area (Å²) >= 11 is 5.90. The molecule has 1 aromatic heterocycles. The van der Waals surface area contributed by atoms with Gasteiger partial charge >= 0.3 is 0 Å². The first kappa shape index (κ1) is 15.9. The molecule has 3 rings (SSSR count). The second-order valence-corrected chi connectivity index (χ2v) is 5.65. The van der Waals surface area contributed by atoms with Crippen molar-refractivity contribution in [1.82, 2.24) is 9.78 Å². The van der Waals surface area contributed by atoms with Gasteiger partial charge in [0, 0.05) is 16.3 Å². The Bertz CT molecular complexity index is 936. The van der Waals surface area contributed by atoms with Gasteiger partial charge in [-0.15, -0.1) is 6.42 Å². The maximum absolute atomic E-state index is 12.5. The van der Waals surface area contributed by atoms with Gasteiger partial charge in [-0.2, -0.15) is 5.10 Å². The minimum Gasteiger partial charge on any atom is -0.322 e. The first-order valence-electron chi connectivity index (χ1n) is 7.27. The number of rotatable bonds is 3. The van der Waals surface area contributed by atoms with Crippen LogP contribution in [0.3, 0.4) is 0 Å². The van der Waals surface area contributed by atoms with Crippen molar-refractivity contribution in [1.29, 1.82) is 0 Å². The maximum atomic E-state index is 12.5. The quantitative estimate of drug-likeness (QED) is 0.733. The van der Waals surface area contributed by atoms with E-state index in [0.717, 1.165) is 11.4 Å². The Kier molecular flexibility index (Phi) is 4.37. The molecule has 0 saturated carbocycles. The van der Waals surface area contributed by atoms with Gasteiger partial charge in [-0.05, 0) is 49.4 Å². The number of nitrogens with zero attached hydrogens (tertiary/aromatic N) is 2. The fraction of sp³-hybridized carbons (Fsp3) is 0.0526. The summed E-state index contributed by atoms with van der Waals surface area (Å²) < 4.78 is 1.70. The molecule has 0 atom stereocenters. The van der Waals surface area contributed by atoms with Gasteiger partial charge in [-0.1, -0.05) is 23.6 Å². The third-order valence-electron chi connectivity index (χ3n) is 3.61. The third-order valence-corrected chi connectivity index (χ3v) is 3.86. The number of carbonyl (C=O) groups excluding carboxylic acids is 1. The summed E-state index contributed by atoms with van der Waals surface area (Å²) in [5.41, 5.74) is 3.43. The maximum Gasteiger partial charge on any atom is 0.259 e. The van der Waals surface area contributed by atoms with Crippen molar-refractivity contribution in [3.63, 3.8) is 0 Å². The molecular formula is C19H14ClN3O. The molecule has 0 aliphatic heterocycles. The number of halogens is 1. The van der Waals surface area contributed by atoms with Gasteiger partial charge in [-0.3, -0.25) is 4.79 Å². The highest BCUT2D eigenvalue weighted by atomic mass is 35.5. The van der Waals surface area contributed by atoms with Crippen LogP contribution >= 0.6 is 11.6 Å². The highest BCUT2D eigenvalue weighted by Gasteiger charge is 2.15. The van der Waals surface area contributed by atoms with E-state index in [0.29, 0.717) is 21.8 Å². The number of benzene rings is 2. The van der Waals surface area contributed by atoms with E-state index in [1.807, 2.05) is 19.1 Å². The molecule has 0 unspecified atom stereocenters. The lowest BCUT2D eigenvalue weighted by molar-refractivity contribution is 0.102. The summed E-state index contributed by atoms with van der Waals surface area (Å²) in [6.07, 6.45) is 6.92. The number of amides is 1. The van der Waals surface area contributed by atoms with Crippen molar-refractivity contribution >= 4 is 23.2 Å². The van der Waals surface area contributed by atoms with Crippen LogP contribution in [-0.2, 0) is 0 Å². The Balaban J connectivity index is 1.86. The SMILES string of the molecule is C#Cc1cccc(NC(=O)c2cnn(-c3ccc(Cl)cc3)c2C)c1. The fourth-order valence-corrected chi connectivity index (χ4v) is 2.49. The van der Waals surface area contributed by atoms with Gasteiger partial charge in [0.1, 0.15) is 0 Å². The molecule has 0 spiro atoms. The lowest BCUT2D eigenvalue weighted by atomic mass is 10.2. The molecule has 4 nitrogen and oxygen atoms in total. The number of nitrogens with one attached hydrogen (secondary N) is 1. The van der Waals surface area contributed by atoms with E-state index < -0.39 is 0 Å². The number of anilines is 1. The van der Waals surface area contributed by atoms with E-state index in [4.69, 9.17) is 18.0 Å². The zero-order valence-corrected chi connectivity index (χ0v) is 13.7. The van der Waals surface area contributed by atoms with Gasteiger partial charge in [0.25, 0.3) is 5.91 Å². The summed E-state index contributed by atoms with van der Waals surface area (Å²) in [6.45, 7) is 1.84. The average Bonchev–Trinajstić information content (AvgIpc) is 2.97. The number of terminal acetylenes is 1. The minimum atomic E-state index is -0.234. The number of hydrogen-bond donors (Lipinski definition) is 1. The van der Waals surface area contributed by atoms with Gasteiger partial charge in [0.05, 0.1) is 23.1 Å². The smallest absolute Gasteiger partial charge is 0.259 e. The van der Waals surface area contributed by atoms with Crippen molar-refractivity contribution in [2.75, 3.05) is 5.32 Å². The van der Waals surface area contributed by atoms with E-state index in [-0.39, 0.29) is 5.91 Å². The third kappa shape index (κ3) is 3.17. The molecule has 1 N–H and O–H groups in total. The van der Waals surface area contributed by atoms with Crippen molar-refractivity contribution in [2.24, 2.45) is 0 Å². The summed E-state index contributed by atoms with van der Waals surface area (Å²) in [6, 6.07) is 14.4. The van der Waals surface area contributed by atoms with Crippen LogP contribution in [0.2, 0.25) is 5.02 Å². The van der Waals surface area contributed by atoms with Gasteiger partial charge in [-0.25, -0.2) is 4.68 Å². The van der Waals surface area contributed by atoms with E-state index in [1.54, 1.807) is 47.3 Å². The summed E-state index contributed by atoms with van der Waals surface area (Å²) in [7, 11) is 0. The molecule has 118 valence electrons. The molecule has 2 aromatic carbocycles. The summed E-state index contributed by atoms with van der Waals surface area (Å²) in [5, 5.41) is 7.78. The molecule has 24 heavy (non-hydrogen) atoms. The standard InChI is InChI=1S/C19H14ClN3O/c1-3-14-5-4-6-16(11-14)22-19(24)18-12-21-23(13(18)2)17-9-7-15(20)8-10-17/h1,4-12H,2H3,(H,22,24). The van der Waals surface area contributed by atoms with Crippen LogP contribution < -0.4 is 5.32 Å². The molecule has 0 bridgehead atoms. The Morgan fingerprint density at radius 3 is 2.71 bits per heavy atom. The highest BCUT2D eigenvalue weighted by molar-refractivity contribution is 6.30. The predicted octanol–water partition coefficient (Wildman–Crippen LogP) is 4.07. The summed E-state index contributed by atoms with van der Waals surface area (Å²) in [4.78, 5) is 12.5. The monoisotopic (exact) mass is 335 g/mol. The van der Waals surface area contributed by atoms with Gasteiger partial charge < -0.3 is 5.32 Å². The van der Waals surface area contributed by atoms with Crippen molar-refractivity contribution in [2.45, 2.75) is 6.92 Å². The average molecular weight is 336 g/mol. The number of aromatic nitrogens is 2. The van der Waals surface area contributed by atoms with Crippen LogP contribution in [0.5, 0.6) is 0 Å². The van der Waals surface area contributed by atoms with Crippen LogP contribution in [-0.4, -0.2) is 15.7 Å². The Morgan fingerprint density at radius 1 is 1.25 bits per heavy atom. The first-order chi connectivity index (χ1) is 11.6. The fourth-order valence-electron chi connectivity index (χ4n) is 2.36. The van der Waals surface area contributed by atoms with Gasteiger partial charge in [0.15, 0.2) is 0 Å². The molecule has 1 amide bonds. The largest absolute Gasteiger partial charge is 0.322 e. The molecule has 0 radical (unpaired) electrons. The number of carbonyl (C=O) groups is 1. The molecule has 0 aliphatic carbocycles. The molecule has 5 heteroatoms. The summed E-state index contributed by atoms with van der Waals surface area (Å²) in [5.74, 6) is 2.31. The molecule has 0 aliphatic rings. The van der Waals surface area contributed by atoms with Crippen LogP contribution in [0.1, 0.15) is 21.6 Å². The van der Waals surface area contributed by atoms with Gasteiger partial charge in [0.2, 0.25) is 0 Å². The molecule has 0 fully saturated rings. The molecule has 0 saturated heterocycles.